The van der Waals surface area contributed by atoms with Crippen molar-refractivity contribution in [2.45, 2.75) is 51.3 Å². The summed E-state index contributed by atoms with van der Waals surface area (Å²) in [4.78, 5) is 0. The van der Waals surface area contributed by atoms with Crippen LogP contribution in [-0.2, 0) is 0 Å². The summed E-state index contributed by atoms with van der Waals surface area (Å²) in [6.45, 7) is 3.98. The molecule has 1 aromatic carbocycles. The fourth-order valence-electron chi connectivity index (χ4n) is 2.49. The fraction of sp³-hybridized carbons (Fsp3) is 0.600. The standard InChI is InChI=1S/C15H22ClNO/c1-10(9-11(2)18)17-15(12-3-4-12)13-5-7-14(16)8-6-13/h5-8,10-12,15,17-18H,3-4,9H2,1-2H3. The molecule has 3 unspecified atom stereocenters. The van der Waals surface area contributed by atoms with Crippen LogP contribution in [0.3, 0.4) is 0 Å². The molecule has 0 heterocycles. The Morgan fingerprint density at radius 1 is 1.28 bits per heavy atom. The zero-order chi connectivity index (χ0) is 13.1. The molecule has 2 N–H and O–H groups in total. The van der Waals surface area contributed by atoms with Crippen molar-refractivity contribution in [1.82, 2.24) is 5.32 Å². The van der Waals surface area contributed by atoms with Crippen LogP contribution < -0.4 is 5.32 Å². The van der Waals surface area contributed by atoms with Crippen LogP contribution in [0.2, 0.25) is 5.02 Å². The third-order valence-electron chi connectivity index (χ3n) is 3.48. The summed E-state index contributed by atoms with van der Waals surface area (Å²) in [5.41, 5.74) is 1.30. The van der Waals surface area contributed by atoms with Crippen molar-refractivity contribution >= 4 is 11.6 Å². The van der Waals surface area contributed by atoms with E-state index in [4.69, 9.17) is 11.6 Å². The molecule has 1 fully saturated rings. The van der Waals surface area contributed by atoms with Crippen LogP contribution in [-0.4, -0.2) is 17.3 Å². The molecule has 0 bridgehead atoms. The van der Waals surface area contributed by atoms with Gasteiger partial charge in [-0.25, -0.2) is 0 Å². The number of rotatable bonds is 6. The highest BCUT2D eigenvalue weighted by Gasteiger charge is 2.32. The Morgan fingerprint density at radius 3 is 2.39 bits per heavy atom. The van der Waals surface area contributed by atoms with Gasteiger partial charge in [0.25, 0.3) is 0 Å². The molecule has 0 radical (unpaired) electrons. The molecule has 1 aliphatic carbocycles. The van der Waals surface area contributed by atoms with Gasteiger partial charge in [0, 0.05) is 17.1 Å². The molecule has 1 aromatic rings. The summed E-state index contributed by atoms with van der Waals surface area (Å²) in [6, 6.07) is 8.84. The second-order valence-corrected chi connectivity index (χ2v) is 5.96. The maximum Gasteiger partial charge on any atom is 0.0526 e. The van der Waals surface area contributed by atoms with E-state index < -0.39 is 0 Å². The highest BCUT2D eigenvalue weighted by molar-refractivity contribution is 6.30. The molecule has 0 aliphatic heterocycles. The van der Waals surface area contributed by atoms with Crippen molar-refractivity contribution < 1.29 is 5.11 Å². The third-order valence-corrected chi connectivity index (χ3v) is 3.73. The molecule has 100 valence electrons. The smallest absolute Gasteiger partial charge is 0.0526 e. The van der Waals surface area contributed by atoms with Gasteiger partial charge in [-0.1, -0.05) is 23.7 Å². The highest BCUT2D eigenvalue weighted by atomic mass is 35.5. The Hall–Kier alpha value is -0.570. The van der Waals surface area contributed by atoms with Crippen LogP contribution in [0.25, 0.3) is 0 Å². The van der Waals surface area contributed by atoms with Crippen LogP contribution in [0.1, 0.15) is 44.7 Å². The van der Waals surface area contributed by atoms with Gasteiger partial charge >= 0.3 is 0 Å². The van der Waals surface area contributed by atoms with Crippen LogP contribution in [0.5, 0.6) is 0 Å². The van der Waals surface area contributed by atoms with Gasteiger partial charge in [0.2, 0.25) is 0 Å². The molecular weight excluding hydrogens is 246 g/mol. The van der Waals surface area contributed by atoms with E-state index >= 15 is 0 Å². The van der Waals surface area contributed by atoms with E-state index in [1.165, 1.54) is 18.4 Å². The number of nitrogens with one attached hydrogen (secondary N) is 1. The van der Waals surface area contributed by atoms with Gasteiger partial charge in [-0.3, -0.25) is 0 Å². The highest BCUT2D eigenvalue weighted by Crippen LogP contribution is 2.41. The first-order valence-electron chi connectivity index (χ1n) is 6.76. The van der Waals surface area contributed by atoms with E-state index in [1.807, 2.05) is 19.1 Å². The monoisotopic (exact) mass is 267 g/mol. The topological polar surface area (TPSA) is 32.3 Å². The summed E-state index contributed by atoms with van der Waals surface area (Å²) in [7, 11) is 0. The average Bonchev–Trinajstić information content (AvgIpc) is 3.10. The fourth-order valence-corrected chi connectivity index (χ4v) is 2.62. The van der Waals surface area contributed by atoms with Gasteiger partial charge in [-0.2, -0.15) is 0 Å². The van der Waals surface area contributed by atoms with Crippen LogP contribution in [0.4, 0.5) is 0 Å². The van der Waals surface area contributed by atoms with E-state index in [9.17, 15) is 5.11 Å². The van der Waals surface area contributed by atoms with Crippen molar-refractivity contribution in [3.8, 4) is 0 Å². The maximum absolute atomic E-state index is 9.44. The van der Waals surface area contributed by atoms with Crippen molar-refractivity contribution in [1.29, 1.82) is 0 Å². The van der Waals surface area contributed by atoms with E-state index in [2.05, 4.69) is 24.4 Å². The molecule has 0 saturated heterocycles. The number of halogens is 1. The van der Waals surface area contributed by atoms with E-state index in [0.29, 0.717) is 12.1 Å². The number of aliphatic hydroxyl groups is 1. The first-order chi connectivity index (χ1) is 8.56. The zero-order valence-electron chi connectivity index (χ0n) is 11.1. The lowest BCUT2D eigenvalue weighted by molar-refractivity contribution is 0.166. The predicted molar refractivity (Wildman–Crippen MR) is 75.8 cm³/mol. The third kappa shape index (κ3) is 3.98. The molecule has 1 saturated carbocycles. The van der Waals surface area contributed by atoms with Crippen LogP contribution in [0, 0.1) is 5.92 Å². The summed E-state index contributed by atoms with van der Waals surface area (Å²) < 4.78 is 0. The first-order valence-corrected chi connectivity index (χ1v) is 7.13. The Labute approximate surface area is 114 Å². The largest absolute Gasteiger partial charge is 0.393 e. The number of aliphatic hydroxyl groups excluding tert-OH is 1. The van der Waals surface area contributed by atoms with E-state index in [0.717, 1.165) is 17.4 Å². The molecule has 0 amide bonds. The Morgan fingerprint density at radius 2 is 1.89 bits per heavy atom. The maximum atomic E-state index is 9.44. The van der Waals surface area contributed by atoms with Gasteiger partial charge in [-0.15, -0.1) is 0 Å². The summed E-state index contributed by atoms with van der Waals surface area (Å²) in [6.07, 6.45) is 3.12. The number of hydrogen-bond donors (Lipinski definition) is 2. The molecule has 0 spiro atoms. The quantitative estimate of drug-likeness (QED) is 0.826. The lowest BCUT2D eigenvalue weighted by Crippen LogP contribution is -2.34. The van der Waals surface area contributed by atoms with Gasteiger partial charge < -0.3 is 10.4 Å². The zero-order valence-corrected chi connectivity index (χ0v) is 11.8. The molecule has 3 heteroatoms. The molecule has 1 aliphatic rings. The van der Waals surface area contributed by atoms with Crippen molar-refractivity contribution in [2.24, 2.45) is 5.92 Å². The molecule has 2 rings (SSSR count). The van der Waals surface area contributed by atoms with E-state index in [-0.39, 0.29) is 6.10 Å². The summed E-state index contributed by atoms with van der Waals surface area (Å²) in [5.74, 6) is 0.739. The molecule has 18 heavy (non-hydrogen) atoms. The minimum absolute atomic E-state index is 0.252. The Kier molecular flexibility index (Phi) is 4.66. The second kappa shape index (κ2) is 6.05. The van der Waals surface area contributed by atoms with Gasteiger partial charge in [0.1, 0.15) is 0 Å². The van der Waals surface area contributed by atoms with E-state index in [1.54, 1.807) is 0 Å². The van der Waals surface area contributed by atoms with Crippen LogP contribution >= 0.6 is 11.6 Å². The van der Waals surface area contributed by atoms with Gasteiger partial charge in [-0.05, 0) is 56.7 Å². The number of hydrogen-bond acceptors (Lipinski definition) is 2. The summed E-state index contributed by atoms with van der Waals surface area (Å²) >= 11 is 5.93. The van der Waals surface area contributed by atoms with Gasteiger partial charge in [0.15, 0.2) is 0 Å². The normalized spacial score (nSPS) is 20.4. The molecule has 0 aromatic heterocycles. The van der Waals surface area contributed by atoms with Crippen molar-refractivity contribution in [2.75, 3.05) is 0 Å². The first kappa shape index (κ1) is 13.9. The molecular formula is C15H22ClNO. The number of benzene rings is 1. The average molecular weight is 268 g/mol. The second-order valence-electron chi connectivity index (χ2n) is 5.52. The van der Waals surface area contributed by atoms with Crippen LogP contribution in [0.15, 0.2) is 24.3 Å². The molecule has 2 nitrogen and oxygen atoms in total. The summed E-state index contributed by atoms with van der Waals surface area (Å²) in [5, 5.41) is 13.9. The van der Waals surface area contributed by atoms with Gasteiger partial charge in [0.05, 0.1) is 6.10 Å². The lowest BCUT2D eigenvalue weighted by Gasteiger charge is -2.24. The molecule has 3 atom stereocenters. The SMILES string of the molecule is CC(O)CC(C)NC(c1ccc(Cl)cc1)C1CC1. The van der Waals surface area contributed by atoms with Crippen molar-refractivity contribution in [3.63, 3.8) is 0 Å². The lowest BCUT2D eigenvalue weighted by atomic mass is 10.0. The minimum atomic E-state index is -0.252. The predicted octanol–water partition coefficient (Wildman–Crippen LogP) is 3.54. The Bertz CT molecular complexity index is 373. The van der Waals surface area contributed by atoms with Crippen molar-refractivity contribution in [3.05, 3.63) is 34.9 Å². The minimum Gasteiger partial charge on any atom is -0.393 e. The Balaban J connectivity index is 2.02.